The summed E-state index contributed by atoms with van der Waals surface area (Å²) in [5.41, 5.74) is 1.51. The van der Waals surface area contributed by atoms with Crippen LogP contribution in [0.4, 0.5) is 10.1 Å². The van der Waals surface area contributed by atoms with Crippen LogP contribution in [-0.4, -0.2) is 13.1 Å². The number of carbonyl (C=O) groups excluding carboxylic acids is 1. The molecule has 5 heteroatoms. The van der Waals surface area contributed by atoms with Crippen molar-refractivity contribution in [3.63, 3.8) is 0 Å². The maximum absolute atomic E-state index is 13.6. The van der Waals surface area contributed by atoms with Gasteiger partial charge in [0.15, 0.2) is 0 Å². The molecule has 0 aliphatic rings. The lowest BCUT2D eigenvalue weighted by Crippen LogP contribution is -2.09. The zero-order valence-electron chi connectivity index (χ0n) is 10.8. The number of hydrogen-bond donors (Lipinski definition) is 1. The number of benzene rings is 2. The van der Waals surface area contributed by atoms with Gasteiger partial charge in [0.05, 0.1) is 18.4 Å². The van der Waals surface area contributed by atoms with Gasteiger partial charge in [0.1, 0.15) is 5.82 Å². The Labute approximate surface area is 121 Å². The fourth-order valence-electron chi connectivity index (χ4n) is 1.81. The predicted molar refractivity (Wildman–Crippen MR) is 76.5 cm³/mol. The van der Waals surface area contributed by atoms with Crippen molar-refractivity contribution in [3.05, 3.63) is 64.4 Å². The number of esters is 1. The molecule has 0 fully saturated rings. The zero-order chi connectivity index (χ0) is 14.5. The molecule has 2 rings (SSSR count). The second kappa shape index (κ2) is 6.39. The van der Waals surface area contributed by atoms with Gasteiger partial charge in [0, 0.05) is 11.6 Å². The minimum atomic E-state index is -0.437. The van der Waals surface area contributed by atoms with Gasteiger partial charge in [0.2, 0.25) is 0 Å². The Morgan fingerprint density at radius 3 is 2.75 bits per heavy atom. The van der Waals surface area contributed by atoms with E-state index in [1.165, 1.54) is 13.2 Å². The summed E-state index contributed by atoms with van der Waals surface area (Å²) in [7, 11) is 1.32. The van der Waals surface area contributed by atoms with Crippen LogP contribution in [0.15, 0.2) is 42.5 Å². The van der Waals surface area contributed by atoms with Crippen molar-refractivity contribution >= 4 is 23.3 Å². The molecule has 0 aliphatic heterocycles. The van der Waals surface area contributed by atoms with Gasteiger partial charge in [0.25, 0.3) is 0 Å². The van der Waals surface area contributed by atoms with E-state index >= 15 is 0 Å². The van der Waals surface area contributed by atoms with Crippen molar-refractivity contribution in [1.29, 1.82) is 0 Å². The molecule has 0 saturated carbocycles. The van der Waals surface area contributed by atoms with Crippen LogP contribution in [0.3, 0.4) is 0 Å². The molecule has 3 nitrogen and oxygen atoms in total. The van der Waals surface area contributed by atoms with Gasteiger partial charge in [-0.05, 0) is 29.8 Å². The van der Waals surface area contributed by atoms with E-state index < -0.39 is 11.8 Å². The number of anilines is 1. The average Bonchev–Trinajstić information content (AvgIpc) is 2.46. The van der Waals surface area contributed by atoms with Crippen molar-refractivity contribution in [2.45, 2.75) is 6.54 Å². The largest absolute Gasteiger partial charge is 0.465 e. The Bertz CT molecular complexity index is 631. The summed E-state index contributed by atoms with van der Waals surface area (Å²) in [5.74, 6) is -0.855. The average molecular weight is 294 g/mol. The summed E-state index contributed by atoms with van der Waals surface area (Å²) >= 11 is 5.69. The zero-order valence-corrected chi connectivity index (χ0v) is 11.6. The van der Waals surface area contributed by atoms with Gasteiger partial charge in [-0.3, -0.25) is 0 Å². The molecule has 2 aromatic rings. The predicted octanol–water partition coefficient (Wildman–Crippen LogP) is 3.88. The summed E-state index contributed by atoms with van der Waals surface area (Å²) < 4.78 is 18.4. The van der Waals surface area contributed by atoms with Crippen LogP contribution in [-0.2, 0) is 11.3 Å². The summed E-state index contributed by atoms with van der Waals surface area (Å²) in [5, 5.41) is 3.27. The third-order valence-electron chi connectivity index (χ3n) is 2.82. The molecular formula is C15H13ClFNO2. The molecule has 0 aliphatic carbocycles. The number of carbonyl (C=O) groups is 1. The molecule has 0 spiro atoms. The quantitative estimate of drug-likeness (QED) is 0.870. The van der Waals surface area contributed by atoms with Crippen LogP contribution in [0.25, 0.3) is 0 Å². The molecule has 0 amide bonds. The van der Waals surface area contributed by atoms with Gasteiger partial charge < -0.3 is 10.1 Å². The van der Waals surface area contributed by atoms with E-state index in [2.05, 4.69) is 5.32 Å². The summed E-state index contributed by atoms with van der Waals surface area (Å²) in [4.78, 5) is 11.6. The Kier molecular flexibility index (Phi) is 4.58. The minimum absolute atomic E-state index is 0.309. The molecule has 0 unspecified atom stereocenters. The van der Waals surface area contributed by atoms with Crippen molar-refractivity contribution in [2.24, 2.45) is 0 Å². The van der Waals surface area contributed by atoms with E-state index in [4.69, 9.17) is 16.3 Å². The van der Waals surface area contributed by atoms with Crippen molar-refractivity contribution in [1.82, 2.24) is 0 Å². The Hall–Kier alpha value is -2.07. The standard InChI is InChI=1S/C15H13ClFNO2/c1-20-15(19)12-5-3-2-4-10(12)9-18-14-7-6-11(16)8-13(14)17/h2-8,18H,9H2,1H3. The Morgan fingerprint density at radius 2 is 2.05 bits per heavy atom. The fourth-order valence-corrected chi connectivity index (χ4v) is 1.97. The molecule has 0 bridgehead atoms. The van der Waals surface area contributed by atoms with Gasteiger partial charge in [-0.1, -0.05) is 29.8 Å². The van der Waals surface area contributed by atoms with Gasteiger partial charge >= 0.3 is 5.97 Å². The maximum Gasteiger partial charge on any atom is 0.338 e. The number of rotatable bonds is 4. The first-order valence-electron chi connectivity index (χ1n) is 5.97. The van der Waals surface area contributed by atoms with Crippen molar-refractivity contribution in [3.8, 4) is 0 Å². The molecule has 0 aromatic heterocycles. The van der Waals surface area contributed by atoms with Gasteiger partial charge in [-0.25, -0.2) is 9.18 Å². The molecule has 2 aromatic carbocycles. The monoisotopic (exact) mass is 293 g/mol. The first-order chi connectivity index (χ1) is 9.61. The first kappa shape index (κ1) is 14.3. The second-order valence-corrected chi connectivity index (χ2v) is 4.56. The molecule has 0 radical (unpaired) electrons. The van der Waals surface area contributed by atoms with Gasteiger partial charge in [-0.15, -0.1) is 0 Å². The van der Waals surface area contributed by atoms with Crippen LogP contribution in [0.2, 0.25) is 5.02 Å². The normalized spacial score (nSPS) is 10.2. The molecule has 1 N–H and O–H groups in total. The van der Waals surface area contributed by atoms with E-state index in [1.807, 2.05) is 6.07 Å². The van der Waals surface area contributed by atoms with Crippen LogP contribution in [0.1, 0.15) is 15.9 Å². The topological polar surface area (TPSA) is 38.3 Å². The molecular weight excluding hydrogens is 281 g/mol. The van der Waals surface area contributed by atoms with Crippen LogP contribution in [0, 0.1) is 5.82 Å². The highest BCUT2D eigenvalue weighted by Gasteiger charge is 2.11. The Morgan fingerprint density at radius 1 is 1.30 bits per heavy atom. The third kappa shape index (κ3) is 3.27. The number of halogens is 2. The molecule has 104 valence electrons. The highest BCUT2D eigenvalue weighted by molar-refractivity contribution is 6.30. The van der Waals surface area contributed by atoms with E-state index in [0.29, 0.717) is 22.8 Å². The first-order valence-corrected chi connectivity index (χ1v) is 6.34. The SMILES string of the molecule is COC(=O)c1ccccc1CNc1ccc(Cl)cc1F. The van der Waals surface area contributed by atoms with Crippen LogP contribution >= 0.6 is 11.6 Å². The summed E-state index contributed by atoms with van der Waals surface area (Å²) in [6.45, 7) is 0.309. The van der Waals surface area contributed by atoms with E-state index in [-0.39, 0.29) is 0 Å². The number of methoxy groups -OCH3 is 1. The molecule has 20 heavy (non-hydrogen) atoms. The second-order valence-electron chi connectivity index (χ2n) is 4.13. The lowest BCUT2D eigenvalue weighted by molar-refractivity contribution is 0.0599. The van der Waals surface area contributed by atoms with Crippen LogP contribution < -0.4 is 5.32 Å². The lowest BCUT2D eigenvalue weighted by atomic mass is 10.1. The number of nitrogens with one attached hydrogen (secondary N) is 1. The molecule has 0 heterocycles. The maximum atomic E-state index is 13.6. The van der Waals surface area contributed by atoms with E-state index in [9.17, 15) is 9.18 Å². The third-order valence-corrected chi connectivity index (χ3v) is 3.06. The summed E-state index contributed by atoms with van der Waals surface area (Å²) in [6, 6.07) is 11.4. The van der Waals surface area contributed by atoms with E-state index in [0.717, 1.165) is 5.56 Å². The lowest BCUT2D eigenvalue weighted by Gasteiger charge is -2.11. The highest BCUT2D eigenvalue weighted by Crippen LogP contribution is 2.20. The highest BCUT2D eigenvalue weighted by atomic mass is 35.5. The summed E-state index contributed by atoms with van der Waals surface area (Å²) in [6.07, 6.45) is 0. The van der Waals surface area contributed by atoms with Gasteiger partial charge in [-0.2, -0.15) is 0 Å². The Balaban J connectivity index is 2.17. The van der Waals surface area contributed by atoms with Crippen molar-refractivity contribution in [2.75, 3.05) is 12.4 Å². The number of ether oxygens (including phenoxy) is 1. The smallest absolute Gasteiger partial charge is 0.338 e. The van der Waals surface area contributed by atoms with Crippen LogP contribution in [0.5, 0.6) is 0 Å². The molecule has 0 atom stereocenters. The minimum Gasteiger partial charge on any atom is -0.465 e. The molecule has 0 saturated heterocycles. The number of hydrogen-bond acceptors (Lipinski definition) is 3. The van der Waals surface area contributed by atoms with Crippen molar-refractivity contribution < 1.29 is 13.9 Å². The van der Waals surface area contributed by atoms with E-state index in [1.54, 1.807) is 30.3 Å². The fraction of sp³-hybridized carbons (Fsp3) is 0.133.